The Morgan fingerprint density at radius 3 is 2.78 bits per heavy atom. The van der Waals surface area contributed by atoms with Crippen LogP contribution in [0.5, 0.6) is 11.5 Å². The third kappa shape index (κ3) is 3.44. The summed E-state index contributed by atoms with van der Waals surface area (Å²) >= 11 is 0. The molecule has 1 aromatic heterocycles. The minimum absolute atomic E-state index is 0.0671. The number of phenols is 1. The average Bonchev–Trinajstić information content (AvgIpc) is 3.00. The number of amides is 1. The number of aryl methyl sites for hydroxylation is 1. The van der Waals surface area contributed by atoms with Crippen LogP contribution in [0.2, 0.25) is 0 Å². The Balaban J connectivity index is 1.66. The van der Waals surface area contributed by atoms with Gasteiger partial charge < -0.3 is 15.1 Å². The zero-order valence-corrected chi connectivity index (χ0v) is 13.1. The number of likely N-dealkylation sites (tertiary alicyclic amines) is 1. The molecule has 1 saturated heterocycles. The van der Waals surface area contributed by atoms with Crippen molar-refractivity contribution in [2.75, 3.05) is 13.1 Å². The molecule has 0 radical (unpaired) electrons. The highest BCUT2D eigenvalue weighted by molar-refractivity contribution is 5.97. The fraction of sp³-hybridized carbons (Fsp3) is 0.333. The summed E-state index contributed by atoms with van der Waals surface area (Å²) in [7, 11) is 0. The number of pyridine rings is 1. The molecule has 2 N–H and O–H groups in total. The summed E-state index contributed by atoms with van der Waals surface area (Å²) in [6.45, 7) is 3.18. The van der Waals surface area contributed by atoms with E-state index >= 15 is 0 Å². The molecule has 1 amide bonds. The normalized spacial score (nSPS) is 17.4. The first-order valence-corrected chi connectivity index (χ1v) is 7.75. The average molecular weight is 312 g/mol. The van der Waals surface area contributed by atoms with Gasteiger partial charge in [-0.2, -0.15) is 0 Å². The van der Waals surface area contributed by atoms with Crippen LogP contribution in [0.1, 0.15) is 28.0 Å². The van der Waals surface area contributed by atoms with Crippen LogP contribution in [-0.4, -0.2) is 39.1 Å². The predicted octanol–water partition coefficient (Wildman–Crippen LogP) is 2.51. The van der Waals surface area contributed by atoms with E-state index in [1.807, 2.05) is 12.1 Å². The van der Waals surface area contributed by atoms with Gasteiger partial charge in [-0.25, -0.2) is 0 Å². The summed E-state index contributed by atoms with van der Waals surface area (Å²) in [5.74, 6) is 0.456. The number of carbonyl (C=O) groups is 1. The molecular formula is C18H20N2O3. The molecule has 0 bridgehead atoms. The van der Waals surface area contributed by atoms with E-state index < -0.39 is 0 Å². The fourth-order valence-corrected chi connectivity index (χ4v) is 3.04. The minimum Gasteiger partial charge on any atom is -0.508 e. The van der Waals surface area contributed by atoms with Gasteiger partial charge in [0.25, 0.3) is 5.91 Å². The van der Waals surface area contributed by atoms with Gasteiger partial charge in [-0.15, -0.1) is 0 Å². The summed E-state index contributed by atoms with van der Waals surface area (Å²) < 4.78 is 0. The molecule has 5 nitrogen and oxygen atoms in total. The first-order valence-electron chi connectivity index (χ1n) is 7.75. The molecule has 0 saturated carbocycles. The number of hydrogen-bond donors (Lipinski definition) is 2. The van der Waals surface area contributed by atoms with E-state index in [1.54, 1.807) is 30.0 Å². The maximum Gasteiger partial charge on any atom is 0.257 e. The largest absolute Gasteiger partial charge is 0.508 e. The molecule has 0 aliphatic carbocycles. The molecule has 1 atom stereocenters. The van der Waals surface area contributed by atoms with Crippen molar-refractivity contribution in [3.05, 3.63) is 53.3 Å². The Bertz CT molecular complexity index is 713. The van der Waals surface area contributed by atoms with Crippen molar-refractivity contribution < 1.29 is 15.0 Å². The van der Waals surface area contributed by atoms with Gasteiger partial charge in [-0.05, 0) is 49.4 Å². The Labute approximate surface area is 135 Å². The van der Waals surface area contributed by atoms with Crippen LogP contribution in [0.3, 0.4) is 0 Å². The summed E-state index contributed by atoms with van der Waals surface area (Å²) in [6.07, 6.45) is 3.15. The monoisotopic (exact) mass is 312 g/mol. The van der Waals surface area contributed by atoms with Crippen LogP contribution in [0.15, 0.2) is 36.5 Å². The van der Waals surface area contributed by atoms with Gasteiger partial charge >= 0.3 is 0 Å². The third-order valence-electron chi connectivity index (χ3n) is 4.28. The number of benzene rings is 1. The number of aromatic nitrogens is 1. The molecule has 2 aromatic rings. The Hall–Kier alpha value is -2.56. The maximum atomic E-state index is 12.6. The third-order valence-corrected chi connectivity index (χ3v) is 4.28. The lowest BCUT2D eigenvalue weighted by atomic mass is 9.99. The SMILES string of the molecule is Cc1cc(C(=O)N2CCC(Cc3ccc(O)cc3)C2)c(O)cn1. The Morgan fingerprint density at radius 2 is 2.04 bits per heavy atom. The van der Waals surface area contributed by atoms with Crippen LogP contribution in [0, 0.1) is 12.8 Å². The number of rotatable bonds is 3. The van der Waals surface area contributed by atoms with Gasteiger partial charge in [0.15, 0.2) is 0 Å². The zero-order chi connectivity index (χ0) is 16.4. The van der Waals surface area contributed by atoms with Gasteiger partial charge in [-0.3, -0.25) is 9.78 Å². The van der Waals surface area contributed by atoms with Gasteiger partial charge in [0.1, 0.15) is 11.5 Å². The first kappa shape index (κ1) is 15.3. The molecular weight excluding hydrogens is 292 g/mol. The first-order chi connectivity index (χ1) is 11.0. The van der Waals surface area contributed by atoms with E-state index in [1.165, 1.54) is 6.20 Å². The molecule has 1 fully saturated rings. The minimum atomic E-state index is -0.138. The summed E-state index contributed by atoms with van der Waals surface area (Å²) in [6, 6.07) is 8.83. The maximum absolute atomic E-state index is 12.6. The summed E-state index contributed by atoms with van der Waals surface area (Å²) in [4.78, 5) is 18.3. The highest BCUT2D eigenvalue weighted by Crippen LogP contribution is 2.25. The lowest BCUT2D eigenvalue weighted by Crippen LogP contribution is -2.29. The van der Waals surface area contributed by atoms with Crippen molar-refractivity contribution in [1.29, 1.82) is 0 Å². The quantitative estimate of drug-likeness (QED) is 0.913. The molecule has 120 valence electrons. The highest BCUT2D eigenvalue weighted by Gasteiger charge is 2.28. The topological polar surface area (TPSA) is 73.7 Å². The van der Waals surface area contributed by atoms with E-state index in [0.717, 1.165) is 18.4 Å². The molecule has 23 heavy (non-hydrogen) atoms. The van der Waals surface area contributed by atoms with Crippen LogP contribution >= 0.6 is 0 Å². The molecule has 2 heterocycles. The molecule has 1 unspecified atom stereocenters. The molecule has 1 aromatic carbocycles. The lowest BCUT2D eigenvalue weighted by molar-refractivity contribution is 0.0784. The summed E-state index contributed by atoms with van der Waals surface area (Å²) in [5, 5.41) is 19.2. The standard InChI is InChI=1S/C18H20N2O3/c1-12-8-16(17(22)10-19-12)18(23)20-7-6-14(11-20)9-13-2-4-15(21)5-3-13/h2-5,8,10,14,21-22H,6-7,9,11H2,1H3. The lowest BCUT2D eigenvalue weighted by Gasteiger charge is -2.17. The molecule has 0 spiro atoms. The second-order valence-corrected chi connectivity index (χ2v) is 6.12. The van der Waals surface area contributed by atoms with E-state index in [0.29, 0.717) is 30.3 Å². The Morgan fingerprint density at radius 1 is 1.30 bits per heavy atom. The second-order valence-electron chi connectivity index (χ2n) is 6.12. The van der Waals surface area contributed by atoms with Crippen molar-refractivity contribution >= 4 is 5.91 Å². The van der Waals surface area contributed by atoms with Crippen LogP contribution in [-0.2, 0) is 6.42 Å². The number of aromatic hydroxyl groups is 2. The van der Waals surface area contributed by atoms with Crippen molar-refractivity contribution in [2.24, 2.45) is 5.92 Å². The van der Waals surface area contributed by atoms with E-state index in [2.05, 4.69) is 4.98 Å². The van der Waals surface area contributed by atoms with E-state index in [4.69, 9.17) is 0 Å². The molecule has 5 heteroatoms. The van der Waals surface area contributed by atoms with Gasteiger partial charge in [0.05, 0.1) is 11.8 Å². The van der Waals surface area contributed by atoms with E-state index in [9.17, 15) is 15.0 Å². The van der Waals surface area contributed by atoms with Crippen molar-refractivity contribution in [1.82, 2.24) is 9.88 Å². The molecule has 3 rings (SSSR count). The number of nitrogens with zero attached hydrogens (tertiary/aromatic N) is 2. The number of hydrogen-bond acceptors (Lipinski definition) is 4. The number of carbonyl (C=O) groups excluding carboxylic acids is 1. The second kappa shape index (κ2) is 6.28. The predicted molar refractivity (Wildman–Crippen MR) is 86.5 cm³/mol. The van der Waals surface area contributed by atoms with Gasteiger partial charge in [0, 0.05) is 18.8 Å². The fourth-order valence-electron chi connectivity index (χ4n) is 3.04. The molecule has 1 aliphatic heterocycles. The van der Waals surface area contributed by atoms with Crippen LogP contribution < -0.4 is 0 Å². The van der Waals surface area contributed by atoms with Crippen molar-refractivity contribution in [3.8, 4) is 11.5 Å². The van der Waals surface area contributed by atoms with Gasteiger partial charge in [0.2, 0.25) is 0 Å². The summed E-state index contributed by atoms with van der Waals surface area (Å²) in [5.41, 5.74) is 2.19. The number of phenolic OH excluding ortho intramolecular Hbond substituents is 1. The van der Waals surface area contributed by atoms with Crippen LogP contribution in [0.25, 0.3) is 0 Å². The highest BCUT2D eigenvalue weighted by atomic mass is 16.3. The van der Waals surface area contributed by atoms with E-state index in [-0.39, 0.29) is 17.4 Å². The Kier molecular flexibility index (Phi) is 4.19. The van der Waals surface area contributed by atoms with Crippen LogP contribution in [0.4, 0.5) is 0 Å². The zero-order valence-electron chi connectivity index (χ0n) is 13.1. The van der Waals surface area contributed by atoms with Gasteiger partial charge in [-0.1, -0.05) is 12.1 Å². The van der Waals surface area contributed by atoms with Crippen molar-refractivity contribution in [3.63, 3.8) is 0 Å². The van der Waals surface area contributed by atoms with Crippen molar-refractivity contribution in [2.45, 2.75) is 19.8 Å². The molecule has 1 aliphatic rings. The smallest absolute Gasteiger partial charge is 0.257 e.